The first-order valence-corrected chi connectivity index (χ1v) is 11.8. The quantitative estimate of drug-likeness (QED) is 0.292. The summed E-state index contributed by atoms with van der Waals surface area (Å²) in [6.45, 7) is 0.664. The molecule has 3 heterocycles. The molecule has 0 bridgehead atoms. The third-order valence-corrected chi connectivity index (χ3v) is 6.11. The Bertz CT molecular complexity index is 1400. The van der Waals surface area contributed by atoms with Crippen molar-refractivity contribution in [2.45, 2.75) is 6.42 Å². The SMILES string of the molecule is CN(C)c1cccc(Nc2nc(NCCc3ccc(O)cc3)c3ncn(-c4ccsc4)c3n2)c1. The number of benzene rings is 2. The van der Waals surface area contributed by atoms with Crippen LogP contribution in [0, 0.1) is 0 Å². The average Bonchev–Trinajstić information content (AvgIpc) is 3.50. The second-order valence-electron chi connectivity index (χ2n) is 8.08. The first kappa shape index (κ1) is 21.7. The minimum atomic E-state index is 0.266. The van der Waals surface area contributed by atoms with E-state index < -0.39 is 0 Å². The number of anilines is 4. The number of phenols is 1. The lowest BCUT2D eigenvalue weighted by Crippen LogP contribution is -2.10. The number of rotatable bonds is 8. The highest BCUT2D eigenvalue weighted by molar-refractivity contribution is 7.08. The van der Waals surface area contributed by atoms with Crippen molar-refractivity contribution < 1.29 is 5.11 Å². The van der Waals surface area contributed by atoms with E-state index in [4.69, 9.17) is 9.97 Å². The molecular weight excluding hydrogens is 446 g/mol. The Morgan fingerprint density at radius 2 is 1.91 bits per heavy atom. The number of fused-ring (bicyclic) bond motifs is 1. The predicted molar refractivity (Wildman–Crippen MR) is 139 cm³/mol. The van der Waals surface area contributed by atoms with Gasteiger partial charge in [0.1, 0.15) is 12.1 Å². The molecule has 3 aromatic heterocycles. The van der Waals surface area contributed by atoms with Crippen LogP contribution in [0.4, 0.5) is 23.1 Å². The molecule has 8 nitrogen and oxygen atoms in total. The highest BCUT2D eigenvalue weighted by atomic mass is 32.1. The van der Waals surface area contributed by atoms with Gasteiger partial charge in [0.15, 0.2) is 17.0 Å². The largest absolute Gasteiger partial charge is 0.508 e. The smallest absolute Gasteiger partial charge is 0.231 e. The van der Waals surface area contributed by atoms with Gasteiger partial charge in [-0.25, -0.2) is 4.98 Å². The van der Waals surface area contributed by atoms with Crippen molar-refractivity contribution in [1.82, 2.24) is 19.5 Å². The maximum Gasteiger partial charge on any atom is 0.231 e. The lowest BCUT2D eigenvalue weighted by atomic mass is 10.1. The van der Waals surface area contributed by atoms with E-state index in [1.54, 1.807) is 29.8 Å². The highest BCUT2D eigenvalue weighted by Gasteiger charge is 2.15. The van der Waals surface area contributed by atoms with E-state index >= 15 is 0 Å². The number of imidazole rings is 1. The van der Waals surface area contributed by atoms with Gasteiger partial charge in [-0.3, -0.25) is 4.57 Å². The predicted octanol–water partition coefficient (Wildman–Crippen LogP) is 5.05. The average molecular weight is 472 g/mol. The summed E-state index contributed by atoms with van der Waals surface area (Å²) in [6.07, 6.45) is 2.56. The van der Waals surface area contributed by atoms with Gasteiger partial charge in [0, 0.05) is 37.4 Å². The Morgan fingerprint density at radius 1 is 1.06 bits per heavy atom. The Balaban J connectivity index is 1.47. The van der Waals surface area contributed by atoms with Crippen molar-refractivity contribution in [3.63, 3.8) is 0 Å². The van der Waals surface area contributed by atoms with Crippen LogP contribution < -0.4 is 15.5 Å². The summed E-state index contributed by atoms with van der Waals surface area (Å²) in [5, 5.41) is 20.4. The van der Waals surface area contributed by atoms with Gasteiger partial charge < -0.3 is 20.6 Å². The number of aromatic hydroxyl groups is 1. The standard InChI is InChI=1S/C25H25N7OS/c1-31(2)19-5-3-4-18(14-19)28-25-29-23(26-12-10-17-6-8-21(33)9-7-17)22-24(30-25)32(16-27-22)20-11-13-34-15-20/h3-9,11,13-16,33H,10,12H2,1-2H3,(H2,26,28,29,30). The Morgan fingerprint density at radius 3 is 2.68 bits per heavy atom. The molecule has 3 N–H and O–H groups in total. The normalized spacial score (nSPS) is 11.0. The summed E-state index contributed by atoms with van der Waals surface area (Å²) in [5.74, 6) is 1.43. The van der Waals surface area contributed by atoms with Gasteiger partial charge in [0.2, 0.25) is 5.95 Å². The van der Waals surface area contributed by atoms with Crippen molar-refractivity contribution >= 4 is 45.6 Å². The lowest BCUT2D eigenvalue weighted by Gasteiger charge is -2.14. The van der Waals surface area contributed by atoms with E-state index in [1.807, 2.05) is 54.4 Å². The van der Waals surface area contributed by atoms with Gasteiger partial charge in [-0.2, -0.15) is 21.3 Å². The van der Waals surface area contributed by atoms with E-state index in [0.717, 1.165) is 34.7 Å². The van der Waals surface area contributed by atoms with Crippen LogP contribution in [0.1, 0.15) is 5.56 Å². The first-order valence-electron chi connectivity index (χ1n) is 10.9. The molecule has 0 spiro atoms. The number of hydrogen-bond acceptors (Lipinski definition) is 8. The summed E-state index contributed by atoms with van der Waals surface area (Å²) < 4.78 is 1.97. The molecule has 0 aliphatic rings. The molecule has 0 radical (unpaired) electrons. The van der Waals surface area contributed by atoms with Crippen LogP contribution in [0.2, 0.25) is 0 Å². The van der Waals surface area contributed by atoms with Gasteiger partial charge in [-0.15, -0.1) is 0 Å². The van der Waals surface area contributed by atoms with Gasteiger partial charge in [-0.05, 0) is 53.8 Å². The summed E-state index contributed by atoms with van der Waals surface area (Å²) in [5.41, 5.74) is 5.57. The highest BCUT2D eigenvalue weighted by Crippen LogP contribution is 2.27. The van der Waals surface area contributed by atoms with Crippen molar-refractivity contribution in [3.05, 3.63) is 77.2 Å². The monoisotopic (exact) mass is 471 g/mol. The molecule has 2 aromatic carbocycles. The summed E-state index contributed by atoms with van der Waals surface area (Å²) >= 11 is 1.63. The fourth-order valence-electron chi connectivity index (χ4n) is 3.64. The lowest BCUT2D eigenvalue weighted by molar-refractivity contribution is 0.475. The number of thiophene rings is 1. The number of nitrogens with zero attached hydrogens (tertiary/aromatic N) is 5. The molecule has 0 atom stereocenters. The van der Waals surface area contributed by atoms with Crippen LogP contribution >= 0.6 is 11.3 Å². The molecule has 5 rings (SSSR count). The van der Waals surface area contributed by atoms with Crippen LogP contribution in [-0.2, 0) is 6.42 Å². The molecule has 0 saturated carbocycles. The number of phenolic OH excluding ortho intramolecular Hbond substituents is 1. The van der Waals surface area contributed by atoms with Crippen LogP contribution in [0.15, 0.2) is 71.7 Å². The molecule has 0 aliphatic heterocycles. The Kier molecular flexibility index (Phi) is 6.01. The van der Waals surface area contributed by atoms with Gasteiger partial charge in [0.25, 0.3) is 0 Å². The number of hydrogen-bond donors (Lipinski definition) is 3. The van der Waals surface area contributed by atoms with Crippen LogP contribution in [0.3, 0.4) is 0 Å². The minimum absolute atomic E-state index is 0.266. The van der Waals surface area contributed by atoms with Gasteiger partial charge in [0.05, 0.1) is 5.69 Å². The summed E-state index contributed by atoms with van der Waals surface area (Å²) in [7, 11) is 4.02. The van der Waals surface area contributed by atoms with E-state index in [1.165, 1.54) is 0 Å². The molecule has 0 unspecified atom stereocenters. The topological polar surface area (TPSA) is 91.1 Å². The zero-order valence-corrected chi connectivity index (χ0v) is 19.8. The van der Waals surface area contributed by atoms with E-state index in [-0.39, 0.29) is 5.75 Å². The Hall–Kier alpha value is -4.11. The van der Waals surface area contributed by atoms with Crippen LogP contribution in [-0.4, -0.2) is 45.3 Å². The molecule has 5 aromatic rings. The molecular formula is C25H25N7OS. The van der Waals surface area contributed by atoms with E-state index in [9.17, 15) is 5.11 Å². The minimum Gasteiger partial charge on any atom is -0.508 e. The Labute approximate surface area is 201 Å². The zero-order valence-electron chi connectivity index (χ0n) is 18.9. The molecule has 0 aliphatic carbocycles. The summed E-state index contributed by atoms with van der Waals surface area (Å²) in [4.78, 5) is 16.2. The number of nitrogens with one attached hydrogen (secondary N) is 2. The molecule has 0 amide bonds. The third-order valence-electron chi connectivity index (χ3n) is 5.44. The first-order chi connectivity index (χ1) is 16.6. The second kappa shape index (κ2) is 9.40. The number of aromatic nitrogens is 4. The van der Waals surface area contributed by atoms with E-state index in [0.29, 0.717) is 23.8 Å². The summed E-state index contributed by atoms with van der Waals surface area (Å²) in [6, 6.07) is 17.4. The van der Waals surface area contributed by atoms with E-state index in [2.05, 4.69) is 38.0 Å². The van der Waals surface area contributed by atoms with Gasteiger partial charge in [-0.1, -0.05) is 18.2 Å². The second-order valence-corrected chi connectivity index (χ2v) is 8.86. The van der Waals surface area contributed by atoms with Crippen molar-refractivity contribution in [2.24, 2.45) is 0 Å². The third kappa shape index (κ3) is 4.65. The van der Waals surface area contributed by atoms with Crippen molar-refractivity contribution in [3.8, 4) is 11.4 Å². The molecule has 9 heteroatoms. The van der Waals surface area contributed by atoms with Crippen molar-refractivity contribution in [2.75, 3.05) is 36.2 Å². The fourth-order valence-corrected chi connectivity index (χ4v) is 4.27. The molecule has 0 fully saturated rings. The molecule has 34 heavy (non-hydrogen) atoms. The maximum absolute atomic E-state index is 9.51. The molecule has 172 valence electrons. The van der Waals surface area contributed by atoms with Gasteiger partial charge >= 0.3 is 0 Å². The zero-order chi connectivity index (χ0) is 23.5. The fraction of sp³-hybridized carbons (Fsp3) is 0.160. The van der Waals surface area contributed by atoms with Crippen molar-refractivity contribution in [1.29, 1.82) is 0 Å². The molecule has 0 saturated heterocycles. The van der Waals surface area contributed by atoms with Crippen LogP contribution in [0.25, 0.3) is 16.9 Å². The maximum atomic E-state index is 9.51. The van der Waals surface area contributed by atoms with Crippen LogP contribution in [0.5, 0.6) is 5.75 Å².